The molecule has 2 atom stereocenters. The molecule has 0 radical (unpaired) electrons. The molecular weight excluding hydrogens is 672 g/mol. The molecule has 0 bridgehead atoms. The van der Waals surface area contributed by atoms with Crippen LogP contribution in [0.3, 0.4) is 0 Å². The van der Waals surface area contributed by atoms with E-state index >= 15 is 0 Å². The highest BCUT2D eigenvalue weighted by Gasteiger charge is 2.35. The molecule has 1 aliphatic heterocycles. The molecule has 2 unspecified atom stereocenters. The second-order valence-electron chi connectivity index (χ2n) is 13.1. The summed E-state index contributed by atoms with van der Waals surface area (Å²) < 4.78 is 28.5. The zero-order valence-corrected chi connectivity index (χ0v) is 30.9. The van der Waals surface area contributed by atoms with Crippen LogP contribution in [0.15, 0.2) is 60.7 Å². The van der Waals surface area contributed by atoms with Gasteiger partial charge in [-0.3, -0.25) is 14.5 Å². The van der Waals surface area contributed by atoms with Gasteiger partial charge >= 0.3 is 12.2 Å². The number of nitrogens with zero attached hydrogens (tertiary/aromatic N) is 3. The molecule has 0 saturated carbocycles. The van der Waals surface area contributed by atoms with E-state index in [-0.39, 0.29) is 116 Å². The number of benzene rings is 2. The molecule has 4 amide bonds. The highest BCUT2D eigenvalue weighted by Crippen LogP contribution is 2.18. The predicted molar refractivity (Wildman–Crippen MR) is 193 cm³/mol. The fourth-order valence-electron chi connectivity index (χ4n) is 5.64. The summed E-state index contributed by atoms with van der Waals surface area (Å²) in [5, 5.41) is 12.9. The number of carbonyl (C=O) groups is 4. The van der Waals surface area contributed by atoms with Crippen LogP contribution in [-0.4, -0.2) is 135 Å². The van der Waals surface area contributed by atoms with Crippen LogP contribution in [0.4, 0.5) is 9.59 Å². The Kier molecular flexibility index (Phi) is 18.9. The molecular formula is C38H56N4O10. The van der Waals surface area contributed by atoms with Crippen molar-refractivity contribution in [2.75, 3.05) is 79.0 Å². The van der Waals surface area contributed by atoms with Crippen molar-refractivity contribution in [3.05, 3.63) is 71.8 Å². The van der Waals surface area contributed by atoms with Gasteiger partial charge in [0.1, 0.15) is 18.7 Å². The number of carbonyl (C=O) groups excluding carboxylic acids is 3. The van der Waals surface area contributed by atoms with E-state index in [1.165, 1.54) is 4.90 Å². The Bertz CT molecular complexity index is 1330. The third kappa shape index (κ3) is 14.8. The second-order valence-corrected chi connectivity index (χ2v) is 13.1. The summed E-state index contributed by atoms with van der Waals surface area (Å²) in [5.74, 6) is -1.07. The predicted octanol–water partition coefficient (Wildman–Crippen LogP) is 3.88. The molecule has 2 aromatic carbocycles. The summed E-state index contributed by atoms with van der Waals surface area (Å²) in [6.45, 7) is 10.5. The smallest absolute Gasteiger partial charge is 0.408 e. The molecule has 288 valence electrons. The first-order valence-corrected chi connectivity index (χ1v) is 18.0. The van der Waals surface area contributed by atoms with Gasteiger partial charge in [0.05, 0.1) is 52.9 Å². The summed E-state index contributed by atoms with van der Waals surface area (Å²) in [7, 11) is 0. The van der Waals surface area contributed by atoms with E-state index < -0.39 is 24.3 Å². The summed E-state index contributed by atoms with van der Waals surface area (Å²) >= 11 is 0. The Balaban J connectivity index is 1.57. The molecule has 0 aromatic heterocycles. The van der Waals surface area contributed by atoms with Crippen molar-refractivity contribution in [3.63, 3.8) is 0 Å². The van der Waals surface area contributed by atoms with Crippen LogP contribution >= 0.6 is 0 Å². The topological polar surface area (TPSA) is 156 Å². The molecule has 14 heteroatoms. The summed E-state index contributed by atoms with van der Waals surface area (Å²) in [6, 6.07) is 16.8. The van der Waals surface area contributed by atoms with Crippen molar-refractivity contribution in [1.82, 2.24) is 20.0 Å². The van der Waals surface area contributed by atoms with Gasteiger partial charge in [0.15, 0.2) is 0 Å². The summed E-state index contributed by atoms with van der Waals surface area (Å²) in [4.78, 5) is 57.0. The number of hydrogen-bond donors (Lipinski definition) is 2. The van der Waals surface area contributed by atoms with Crippen LogP contribution in [0, 0.1) is 11.8 Å². The number of ether oxygens (including phenoxy) is 5. The Morgan fingerprint density at radius 2 is 1.12 bits per heavy atom. The highest BCUT2D eigenvalue weighted by molar-refractivity contribution is 5.86. The van der Waals surface area contributed by atoms with E-state index in [1.54, 1.807) is 9.80 Å². The lowest BCUT2D eigenvalue weighted by molar-refractivity contribution is -0.140. The van der Waals surface area contributed by atoms with Gasteiger partial charge in [-0.15, -0.1) is 0 Å². The quantitative estimate of drug-likeness (QED) is 0.368. The van der Waals surface area contributed by atoms with Crippen LogP contribution in [0.25, 0.3) is 0 Å². The summed E-state index contributed by atoms with van der Waals surface area (Å²) in [5.41, 5.74) is 1.63. The zero-order valence-electron chi connectivity index (χ0n) is 30.9. The first-order chi connectivity index (χ1) is 25.1. The largest absolute Gasteiger partial charge is 0.465 e. The minimum atomic E-state index is -1.17. The van der Waals surface area contributed by atoms with Gasteiger partial charge in [0, 0.05) is 32.7 Å². The van der Waals surface area contributed by atoms with E-state index in [2.05, 4.69) is 5.32 Å². The van der Waals surface area contributed by atoms with Crippen molar-refractivity contribution in [2.24, 2.45) is 11.8 Å². The molecule has 1 aliphatic rings. The van der Waals surface area contributed by atoms with E-state index in [1.807, 2.05) is 88.4 Å². The third-order valence-corrected chi connectivity index (χ3v) is 8.47. The average Bonchev–Trinajstić information content (AvgIpc) is 3.12. The second kappa shape index (κ2) is 23.3. The van der Waals surface area contributed by atoms with Gasteiger partial charge in [0.25, 0.3) is 0 Å². The fourth-order valence-corrected chi connectivity index (χ4v) is 5.64. The van der Waals surface area contributed by atoms with Crippen molar-refractivity contribution < 1.29 is 48.0 Å². The van der Waals surface area contributed by atoms with E-state index in [4.69, 9.17) is 23.7 Å². The van der Waals surface area contributed by atoms with Gasteiger partial charge in [-0.1, -0.05) is 88.4 Å². The van der Waals surface area contributed by atoms with Crippen LogP contribution in [0.5, 0.6) is 0 Å². The Morgan fingerprint density at radius 1 is 0.673 bits per heavy atom. The van der Waals surface area contributed by atoms with Crippen LogP contribution in [0.1, 0.15) is 38.8 Å². The Labute approximate surface area is 307 Å². The maximum absolute atomic E-state index is 13.9. The molecule has 0 spiro atoms. The first-order valence-electron chi connectivity index (χ1n) is 18.0. The Morgan fingerprint density at radius 3 is 1.54 bits per heavy atom. The number of hydrogen-bond acceptors (Lipinski definition) is 9. The monoisotopic (exact) mass is 728 g/mol. The first kappa shape index (κ1) is 42.2. The fraction of sp³-hybridized carbons (Fsp3) is 0.579. The lowest BCUT2D eigenvalue weighted by atomic mass is 10.00. The van der Waals surface area contributed by atoms with Crippen LogP contribution in [0.2, 0.25) is 0 Å². The highest BCUT2D eigenvalue weighted by atomic mass is 16.5. The molecule has 1 heterocycles. The van der Waals surface area contributed by atoms with Crippen molar-refractivity contribution in [2.45, 2.75) is 52.9 Å². The maximum atomic E-state index is 13.9. The SMILES string of the molecule is CC(C)C(NC(=O)OCc1ccccc1)C(=O)N1CCOCCOCCN(C(=O)C(C(C)C)N(Cc2ccccc2)C(=O)O)CCOCCOCC1. The third-order valence-electron chi connectivity index (χ3n) is 8.47. The van der Waals surface area contributed by atoms with Crippen LogP contribution in [-0.2, 0) is 46.4 Å². The van der Waals surface area contributed by atoms with E-state index in [9.17, 15) is 24.3 Å². The maximum Gasteiger partial charge on any atom is 0.408 e. The van der Waals surface area contributed by atoms with E-state index in [0.717, 1.165) is 11.1 Å². The van der Waals surface area contributed by atoms with Crippen molar-refractivity contribution >= 4 is 24.0 Å². The standard InChI is InChI=1S/C38H56N4O10/c1-29(2)33(39-37(45)52-28-32-13-9-6-10-14-32)35(43)40-15-19-48-23-25-50-21-17-41(18-22-51-26-24-49-20-16-40)36(44)34(30(3)4)42(38(46)47)27-31-11-7-5-8-12-31/h5-14,29-30,33-34H,15-28H2,1-4H3,(H,39,45)(H,46,47). The minimum absolute atomic E-state index is 0.0826. The number of carboxylic acid groups (broad SMARTS) is 1. The molecule has 14 nitrogen and oxygen atoms in total. The van der Waals surface area contributed by atoms with Crippen LogP contribution < -0.4 is 5.32 Å². The summed E-state index contributed by atoms with van der Waals surface area (Å²) in [6.07, 6.45) is -1.85. The molecule has 1 saturated heterocycles. The lowest BCUT2D eigenvalue weighted by Gasteiger charge is -2.35. The van der Waals surface area contributed by atoms with Gasteiger partial charge in [-0.2, -0.15) is 0 Å². The molecule has 1 fully saturated rings. The van der Waals surface area contributed by atoms with Gasteiger partial charge < -0.3 is 43.9 Å². The van der Waals surface area contributed by atoms with Crippen molar-refractivity contribution in [1.29, 1.82) is 0 Å². The number of amides is 4. The number of alkyl carbamates (subject to hydrolysis) is 1. The number of rotatable bonds is 10. The number of nitrogens with one attached hydrogen (secondary N) is 1. The molecule has 3 rings (SSSR count). The zero-order chi connectivity index (χ0) is 37.7. The minimum Gasteiger partial charge on any atom is -0.465 e. The van der Waals surface area contributed by atoms with Gasteiger partial charge in [0.2, 0.25) is 11.8 Å². The van der Waals surface area contributed by atoms with Gasteiger partial charge in [-0.25, -0.2) is 9.59 Å². The van der Waals surface area contributed by atoms with Gasteiger partial charge in [-0.05, 0) is 23.0 Å². The molecule has 2 N–H and O–H groups in total. The molecule has 0 aliphatic carbocycles. The normalized spacial score (nSPS) is 17.0. The Hall–Kier alpha value is -4.24. The molecule has 52 heavy (non-hydrogen) atoms. The molecule has 2 aromatic rings. The van der Waals surface area contributed by atoms with E-state index in [0.29, 0.717) is 0 Å². The average molecular weight is 729 g/mol. The van der Waals surface area contributed by atoms with Crippen molar-refractivity contribution in [3.8, 4) is 0 Å². The lowest BCUT2D eigenvalue weighted by Crippen LogP contribution is -2.54.